The standard InChI is InChI=1S/C21H18Cl4F4O4/c22-16-11-15(31-10-7-18(24)25)12-17(23)19(16)32-9-2-1-8-30-13-3-5-14(6-4-13)33-21(28,29)20(26)27/h3-7,11-12,20H,1-2,8-10H2. The van der Waals surface area contributed by atoms with E-state index in [1.807, 2.05) is 0 Å². The van der Waals surface area contributed by atoms with Gasteiger partial charge in [0.25, 0.3) is 0 Å². The number of benzene rings is 2. The first kappa shape index (κ1) is 27.5. The first-order chi connectivity index (χ1) is 15.6. The number of unbranched alkanes of at least 4 members (excludes halogenated alkanes) is 1. The topological polar surface area (TPSA) is 36.9 Å². The Morgan fingerprint density at radius 2 is 1.39 bits per heavy atom. The predicted octanol–water partition coefficient (Wildman–Crippen LogP) is 8.17. The molecule has 0 N–H and O–H groups in total. The van der Waals surface area contributed by atoms with Crippen molar-refractivity contribution >= 4 is 46.4 Å². The van der Waals surface area contributed by atoms with Crippen molar-refractivity contribution in [1.29, 1.82) is 0 Å². The third kappa shape index (κ3) is 9.57. The quantitative estimate of drug-likeness (QED) is 0.186. The number of halogens is 8. The molecule has 0 unspecified atom stereocenters. The van der Waals surface area contributed by atoms with Gasteiger partial charge in [-0.05, 0) is 43.2 Å². The highest BCUT2D eigenvalue weighted by Gasteiger charge is 2.43. The Hall–Kier alpha value is -1.74. The first-order valence-electron chi connectivity index (χ1n) is 9.42. The van der Waals surface area contributed by atoms with E-state index in [2.05, 4.69) is 4.74 Å². The summed E-state index contributed by atoms with van der Waals surface area (Å²) in [6.07, 6.45) is -5.82. The monoisotopic (exact) mass is 550 g/mol. The van der Waals surface area contributed by atoms with Gasteiger partial charge in [0, 0.05) is 12.1 Å². The minimum atomic E-state index is -4.56. The summed E-state index contributed by atoms with van der Waals surface area (Å²) in [4.78, 5) is 0. The van der Waals surface area contributed by atoms with E-state index in [1.54, 1.807) is 12.1 Å². The molecule has 33 heavy (non-hydrogen) atoms. The highest BCUT2D eigenvalue weighted by molar-refractivity contribution is 6.55. The normalized spacial score (nSPS) is 11.3. The second kappa shape index (κ2) is 13.2. The molecule has 0 bridgehead atoms. The zero-order valence-electron chi connectivity index (χ0n) is 16.8. The number of hydrogen-bond acceptors (Lipinski definition) is 4. The minimum absolute atomic E-state index is 0.0803. The summed E-state index contributed by atoms with van der Waals surface area (Å²) in [5.41, 5.74) is 0. The smallest absolute Gasteiger partial charge is 0.461 e. The van der Waals surface area contributed by atoms with Crippen molar-refractivity contribution in [1.82, 2.24) is 0 Å². The lowest BCUT2D eigenvalue weighted by Crippen LogP contribution is -2.33. The van der Waals surface area contributed by atoms with Crippen molar-refractivity contribution in [2.45, 2.75) is 25.4 Å². The fourth-order valence-electron chi connectivity index (χ4n) is 2.33. The Kier molecular flexibility index (Phi) is 11.0. The van der Waals surface area contributed by atoms with Gasteiger partial charge in [-0.25, -0.2) is 0 Å². The molecule has 0 aliphatic rings. The molecule has 2 aromatic carbocycles. The third-order valence-electron chi connectivity index (χ3n) is 3.84. The molecular weight excluding hydrogens is 534 g/mol. The van der Waals surface area contributed by atoms with Gasteiger partial charge in [0.15, 0.2) is 5.75 Å². The van der Waals surface area contributed by atoms with E-state index in [-0.39, 0.29) is 21.1 Å². The van der Waals surface area contributed by atoms with Crippen LogP contribution in [0, 0.1) is 0 Å². The summed E-state index contributed by atoms with van der Waals surface area (Å²) in [5, 5.41) is 0.545. The zero-order chi connectivity index (χ0) is 24.4. The average Bonchev–Trinajstić information content (AvgIpc) is 2.72. The van der Waals surface area contributed by atoms with E-state index < -0.39 is 18.3 Å². The molecule has 0 fully saturated rings. The Balaban J connectivity index is 1.72. The van der Waals surface area contributed by atoms with Crippen LogP contribution < -0.4 is 18.9 Å². The summed E-state index contributed by atoms with van der Waals surface area (Å²) in [7, 11) is 0. The molecule has 2 rings (SSSR count). The maximum atomic E-state index is 12.9. The zero-order valence-corrected chi connectivity index (χ0v) is 19.8. The van der Waals surface area contributed by atoms with Crippen LogP contribution in [0.4, 0.5) is 17.6 Å². The van der Waals surface area contributed by atoms with Gasteiger partial charge < -0.3 is 18.9 Å². The highest BCUT2D eigenvalue weighted by atomic mass is 35.5. The molecule has 0 amide bonds. The average molecular weight is 552 g/mol. The van der Waals surface area contributed by atoms with Crippen molar-refractivity contribution in [2.24, 2.45) is 0 Å². The van der Waals surface area contributed by atoms with Crippen LogP contribution in [0.25, 0.3) is 0 Å². The molecular formula is C21H18Cl4F4O4. The molecule has 0 saturated heterocycles. The Morgan fingerprint density at radius 3 is 1.94 bits per heavy atom. The van der Waals surface area contributed by atoms with Gasteiger partial charge in [-0.15, -0.1) is 0 Å². The van der Waals surface area contributed by atoms with Crippen molar-refractivity contribution in [3.8, 4) is 23.0 Å². The molecule has 0 atom stereocenters. The Morgan fingerprint density at radius 1 is 0.848 bits per heavy atom. The molecule has 0 aliphatic carbocycles. The van der Waals surface area contributed by atoms with Gasteiger partial charge in [-0.1, -0.05) is 46.4 Å². The molecule has 0 aliphatic heterocycles. The summed E-state index contributed by atoms with van der Waals surface area (Å²) in [6, 6.07) is 8.01. The van der Waals surface area contributed by atoms with E-state index >= 15 is 0 Å². The van der Waals surface area contributed by atoms with Gasteiger partial charge >= 0.3 is 12.5 Å². The molecule has 0 spiro atoms. The molecule has 182 valence electrons. The van der Waals surface area contributed by atoms with E-state index in [4.69, 9.17) is 60.6 Å². The van der Waals surface area contributed by atoms with Gasteiger partial charge in [0.05, 0.1) is 23.3 Å². The fourth-order valence-corrected chi connectivity index (χ4v) is 3.03. The lowest BCUT2D eigenvalue weighted by molar-refractivity contribution is -0.253. The lowest BCUT2D eigenvalue weighted by atomic mass is 10.3. The number of rotatable bonds is 13. The number of ether oxygens (including phenoxy) is 4. The molecule has 12 heteroatoms. The fraction of sp³-hybridized carbons (Fsp3) is 0.333. The van der Waals surface area contributed by atoms with Crippen LogP contribution in [-0.2, 0) is 0 Å². The second-order valence-electron chi connectivity index (χ2n) is 6.36. The van der Waals surface area contributed by atoms with E-state index in [0.29, 0.717) is 43.3 Å². The third-order valence-corrected chi connectivity index (χ3v) is 4.72. The first-order valence-corrected chi connectivity index (χ1v) is 10.9. The number of alkyl halides is 4. The molecule has 0 saturated carbocycles. The SMILES string of the molecule is FC(F)C(F)(F)Oc1ccc(OCCCCOc2c(Cl)cc(OCC=C(Cl)Cl)cc2Cl)cc1. The summed E-state index contributed by atoms with van der Waals surface area (Å²) in [6.45, 7) is 0.762. The highest BCUT2D eigenvalue weighted by Crippen LogP contribution is 2.37. The van der Waals surface area contributed by atoms with E-state index in [0.717, 1.165) is 12.1 Å². The predicted molar refractivity (Wildman–Crippen MR) is 120 cm³/mol. The van der Waals surface area contributed by atoms with Gasteiger partial charge in [-0.2, -0.15) is 17.6 Å². The summed E-state index contributed by atoms with van der Waals surface area (Å²) < 4.78 is 70.6. The van der Waals surface area contributed by atoms with E-state index in [1.165, 1.54) is 18.2 Å². The molecule has 4 nitrogen and oxygen atoms in total. The van der Waals surface area contributed by atoms with Crippen LogP contribution in [0.2, 0.25) is 10.0 Å². The molecule has 0 aromatic heterocycles. The van der Waals surface area contributed by atoms with Gasteiger partial charge in [0.1, 0.15) is 28.3 Å². The van der Waals surface area contributed by atoms with E-state index in [9.17, 15) is 17.6 Å². The molecule has 0 radical (unpaired) electrons. The van der Waals surface area contributed by atoms with Crippen molar-refractivity contribution in [3.05, 3.63) is 57.0 Å². The maximum Gasteiger partial charge on any atom is 0.461 e. The van der Waals surface area contributed by atoms with Crippen LogP contribution in [-0.4, -0.2) is 32.4 Å². The van der Waals surface area contributed by atoms with Crippen LogP contribution in [0.1, 0.15) is 12.8 Å². The largest absolute Gasteiger partial charge is 0.494 e. The second-order valence-corrected chi connectivity index (χ2v) is 8.18. The summed E-state index contributed by atoms with van der Waals surface area (Å²) in [5.74, 6) is 0.709. The van der Waals surface area contributed by atoms with Gasteiger partial charge in [-0.3, -0.25) is 0 Å². The van der Waals surface area contributed by atoms with Crippen LogP contribution in [0.3, 0.4) is 0 Å². The summed E-state index contributed by atoms with van der Waals surface area (Å²) >= 11 is 23.4. The van der Waals surface area contributed by atoms with Crippen molar-refractivity contribution in [3.63, 3.8) is 0 Å². The minimum Gasteiger partial charge on any atom is -0.494 e. The molecule has 0 heterocycles. The van der Waals surface area contributed by atoms with Crippen molar-refractivity contribution < 1.29 is 36.5 Å². The maximum absolute atomic E-state index is 12.9. The van der Waals surface area contributed by atoms with Crippen molar-refractivity contribution in [2.75, 3.05) is 19.8 Å². The Labute approximate surface area is 207 Å². The van der Waals surface area contributed by atoms with Crippen LogP contribution in [0.15, 0.2) is 47.0 Å². The molecule has 2 aromatic rings. The Bertz CT molecular complexity index is 900. The van der Waals surface area contributed by atoms with Crippen LogP contribution in [0.5, 0.6) is 23.0 Å². The number of hydrogen-bond donors (Lipinski definition) is 0. The lowest BCUT2D eigenvalue weighted by Gasteiger charge is -2.17. The van der Waals surface area contributed by atoms with Gasteiger partial charge in [0.2, 0.25) is 0 Å². The van der Waals surface area contributed by atoms with Crippen LogP contribution >= 0.6 is 46.4 Å².